The van der Waals surface area contributed by atoms with Gasteiger partial charge in [0.1, 0.15) is 12.2 Å². The minimum atomic E-state index is -0.407. The fourth-order valence-corrected chi connectivity index (χ4v) is 1.82. The van der Waals surface area contributed by atoms with Crippen molar-refractivity contribution in [3.05, 3.63) is 12.2 Å². The molecular weight excluding hydrogens is 166 g/mol. The van der Waals surface area contributed by atoms with Gasteiger partial charge in [-0.1, -0.05) is 13.8 Å². The third kappa shape index (κ3) is 1.58. The Morgan fingerprint density at radius 1 is 1.54 bits per heavy atom. The number of nitrogens with zero attached hydrogens (tertiary/aromatic N) is 2. The van der Waals surface area contributed by atoms with E-state index in [-0.39, 0.29) is 5.41 Å². The molecule has 1 heterocycles. The molecule has 0 aliphatic rings. The molecule has 74 valence electrons. The second-order valence-corrected chi connectivity index (χ2v) is 3.37. The molecule has 0 amide bonds. The van der Waals surface area contributed by atoms with E-state index in [1.54, 1.807) is 6.92 Å². The molecular formula is C9H17N3O. The van der Waals surface area contributed by atoms with Crippen LogP contribution in [0.15, 0.2) is 6.33 Å². The van der Waals surface area contributed by atoms with Crippen LogP contribution >= 0.6 is 0 Å². The summed E-state index contributed by atoms with van der Waals surface area (Å²) in [4.78, 5) is 4.12. The molecule has 0 bridgehead atoms. The summed E-state index contributed by atoms with van der Waals surface area (Å²) in [6, 6.07) is 0. The number of nitrogens with one attached hydrogen (secondary N) is 1. The third-order valence-electron chi connectivity index (χ3n) is 2.95. The van der Waals surface area contributed by atoms with Crippen LogP contribution in [0.4, 0.5) is 0 Å². The number of hydrogen-bond acceptors (Lipinski definition) is 3. The maximum absolute atomic E-state index is 9.75. The van der Waals surface area contributed by atoms with E-state index in [1.807, 2.05) is 0 Å². The molecule has 1 unspecified atom stereocenters. The Morgan fingerprint density at radius 2 is 2.15 bits per heavy atom. The highest BCUT2D eigenvalue weighted by Crippen LogP contribution is 2.32. The quantitative estimate of drug-likeness (QED) is 0.738. The van der Waals surface area contributed by atoms with Gasteiger partial charge in [0.25, 0.3) is 0 Å². The van der Waals surface area contributed by atoms with Gasteiger partial charge in [0.15, 0.2) is 0 Å². The lowest BCUT2D eigenvalue weighted by Crippen LogP contribution is -2.37. The van der Waals surface area contributed by atoms with Crippen LogP contribution in [0.2, 0.25) is 0 Å². The molecule has 0 aromatic carbocycles. The number of aliphatic hydroxyl groups excluding tert-OH is 1. The van der Waals surface area contributed by atoms with Gasteiger partial charge >= 0.3 is 0 Å². The normalized spacial score (nSPS) is 14.5. The van der Waals surface area contributed by atoms with E-state index in [2.05, 4.69) is 29.0 Å². The van der Waals surface area contributed by atoms with E-state index in [1.165, 1.54) is 6.33 Å². The predicted octanol–water partition coefficient (Wildman–Crippen LogP) is 1.24. The number of rotatable bonds is 4. The minimum absolute atomic E-state index is 0.267. The molecule has 1 atom stereocenters. The highest BCUT2D eigenvalue weighted by molar-refractivity contribution is 5.08. The maximum atomic E-state index is 9.75. The van der Waals surface area contributed by atoms with E-state index in [0.717, 1.165) is 18.7 Å². The van der Waals surface area contributed by atoms with Gasteiger partial charge in [0.05, 0.1) is 11.5 Å². The van der Waals surface area contributed by atoms with Crippen LogP contribution in [-0.4, -0.2) is 26.4 Å². The first-order valence-electron chi connectivity index (χ1n) is 4.71. The predicted molar refractivity (Wildman–Crippen MR) is 50.3 cm³/mol. The summed E-state index contributed by atoms with van der Waals surface area (Å²) in [5.74, 6) is 0.785. The molecule has 1 aromatic heterocycles. The number of hydrogen-bond donors (Lipinski definition) is 2. The fraction of sp³-hybridized carbons (Fsp3) is 0.778. The number of H-pyrrole nitrogens is 1. The van der Waals surface area contributed by atoms with E-state index in [0.29, 0.717) is 0 Å². The number of aromatic amines is 1. The summed E-state index contributed by atoms with van der Waals surface area (Å²) in [6.07, 6.45) is 2.79. The lowest BCUT2D eigenvalue weighted by Gasteiger charge is -2.32. The summed E-state index contributed by atoms with van der Waals surface area (Å²) in [7, 11) is 0. The molecule has 0 saturated carbocycles. The topological polar surface area (TPSA) is 61.8 Å². The smallest absolute Gasteiger partial charge is 0.137 e. The molecule has 0 aliphatic heterocycles. The van der Waals surface area contributed by atoms with Crippen LogP contribution in [0.1, 0.15) is 39.4 Å². The third-order valence-corrected chi connectivity index (χ3v) is 2.95. The van der Waals surface area contributed by atoms with Crippen LogP contribution in [0, 0.1) is 0 Å². The molecule has 1 aromatic rings. The maximum Gasteiger partial charge on any atom is 0.137 e. The van der Waals surface area contributed by atoms with E-state index >= 15 is 0 Å². The van der Waals surface area contributed by atoms with Crippen molar-refractivity contribution in [2.75, 3.05) is 0 Å². The van der Waals surface area contributed by atoms with Gasteiger partial charge < -0.3 is 5.11 Å². The Labute approximate surface area is 78.4 Å². The Kier molecular flexibility index (Phi) is 3.03. The van der Waals surface area contributed by atoms with Crippen LogP contribution in [0.25, 0.3) is 0 Å². The van der Waals surface area contributed by atoms with E-state index in [9.17, 15) is 5.11 Å². The zero-order valence-corrected chi connectivity index (χ0v) is 8.41. The summed E-state index contributed by atoms with van der Waals surface area (Å²) < 4.78 is 0. The average Bonchev–Trinajstić information content (AvgIpc) is 2.60. The lowest BCUT2D eigenvalue weighted by atomic mass is 9.77. The lowest BCUT2D eigenvalue weighted by molar-refractivity contribution is 0.0841. The van der Waals surface area contributed by atoms with Crippen LogP contribution < -0.4 is 0 Å². The summed E-state index contributed by atoms with van der Waals surface area (Å²) in [5.41, 5.74) is -0.267. The van der Waals surface area contributed by atoms with Crippen molar-refractivity contribution < 1.29 is 5.11 Å². The second kappa shape index (κ2) is 3.87. The summed E-state index contributed by atoms with van der Waals surface area (Å²) >= 11 is 0. The van der Waals surface area contributed by atoms with Crippen molar-refractivity contribution in [3.8, 4) is 0 Å². The molecule has 13 heavy (non-hydrogen) atoms. The van der Waals surface area contributed by atoms with Gasteiger partial charge in [-0.3, -0.25) is 5.10 Å². The standard InChI is InChI=1S/C9H17N3O/c1-4-9(5-2,7(3)13)8-10-6-11-12-8/h6-7,13H,4-5H2,1-3H3,(H,10,11,12). The molecule has 0 spiro atoms. The zero-order chi connectivity index (χ0) is 9.90. The van der Waals surface area contributed by atoms with Crippen molar-refractivity contribution in [2.45, 2.75) is 45.1 Å². The summed E-state index contributed by atoms with van der Waals surface area (Å²) in [6.45, 7) is 5.91. The number of aliphatic hydroxyl groups is 1. The molecule has 1 rings (SSSR count). The molecule has 0 aliphatic carbocycles. The monoisotopic (exact) mass is 183 g/mol. The van der Waals surface area contributed by atoms with Gasteiger partial charge in [0, 0.05) is 0 Å². The van der Waals surface area contributed by atoms with Crippen LogP contribution in [0.3, 0.4) is 0 Å². The highest BCUT2D eigenvalue weighted by Gasteiger charge is 2.36. The Bertz CT molecular complexity index is 239. The molecule has 2 N–H and O–H groups in total. The van der Waals surface area contributed by atoms with Crippen molar-refractivity contribution in [2.24, 2.45) is 0 Å². The molecule has 0 saturated heterocycles. The average molecular weight is 183 g/mol. The largest absolute Gasteiger partial charge is 0.392 e. The number of aromatic nitrogens is 3. The SMILES string of the molecule is CCC(CC)(c1ncn[nH]1)C(C)O. The van der Waals surface area contributed by atoms with Crippen molar-refractivity contribution >= 4 is 0 Å². The minimum Gasteiger partial charge on any atom is -0.392 e. The first-order chi connectivity index (χ1) is 6.17. The van der Waals surface area contributed by atoms with Gasteiger partial charge in [0.2, 0.25) is 0 Å². The highest BCUT2D eigenvalue weighted by atomic mass is 16.3. The summed E-state index contributed by atoms with van der Waals surface area (Å²) in [5, 5.41) is 16.4. The first kappa shape index (κ1) is 10.2. The van der Waals surface area contributed by atoms with E-state index in [4.69, 9.17) is 0 Å². The van der Waals surface area contributed by atoms with Gasteiger partial charge in [-0.05, 0) is 19.8 Å². The van der Waals surface area contributed by atoms with Gasteiger partial charge in [-0.2, -0.15) is 5.10 Å². The molecule has 0 fully saturated rings. The van der Waals surface area contributed by atoms with Crippen molar-refractivity contribution in [1.82, 2.24) is 15.2 Å². The van der Waals surface area contributed by atoms with Crippen molar-refractivity contribution in [3.63, 3.8) is 0 Å². The Balaban J connectivity index is 3.03. The van der Waals surface area contributed by atoms with Crippen LogP contribution in [0.5, 0.6) is 0 Å². The second-order valence-electron chi connectivity index (χ2n) is 3.37. The molecule has 0 radical (unpaired) electrons. The zero-order valence-electron chi connectivity index (χ0n) is 8.41. The molecule has 4 nitrogen and oxygen atoms in total. The fourth-order valence-electron chi connectivity index (χ4n) is 1.82. The van der Waals surface area contributed by atoms with Gasteiger partial charge in [-0.25, -0.2) is 4.98 Å². The first-order valence-corrected chi connectivity index (χ1v) is 4.71. The van der Waals surface area contributed by atoms with Gasteiger partial charge in [-0.15, -0.1) is 0 Å². The Hall–Kier alpha value is -0.900. The van der Waals surface area contributed by atoms with Crippen molar-refractivity contribution in [1.29, 1.82) is 0 Å². The Morgan fingerprint density at radius 3 is 2.46 bits per heavy atom. The van der Waals surface area contributed by atoms with E-state index < -0.39 is 6.10 Å². The van der Waals surface area contributed by atoms with Crippen LogP contribution in [-0.2, 0) is 5.41 Å². The molecule has 4 heteroatoms.